The van der Waals surface area contributed by atoms with E-state index in [0.29, 0.717) is 13.1 Å². The number of aliphatic hydroxyl groups is 1. The molecule has 0 bridgehead atoms. The number of aliphatic hydroxyl groups excluding tert-OH is 1. The lowest BCUT2D eigenvalue weighted by Gasteiger charge is -2.28. The second kappa shape index (κ2) is 6.51. The van der Waals surface area contributed by atoms with Crippen LogP contribution in [0.4, 0.5) is 0 Å². The fourth-order valence-corrected chi connectivity index (χ4v) is 1.63. The van der Waals surface area contributed by atoms with Crippen LogP contribution in [0.2, 0.25) is 0 Å². The molecule has 1 heterocycles. The first-order valence-electron chi connectivity index (χ1n) is 5.67. The Morgan fingerprint density at radius 3 is 2.94 bits per heavy atom. The average molecular weight is 224 g/mol. The number of rotatable bonds is 2. The van der Waals surface area contributed by atoms with E-state index >= 15 is 0 Å². The molecule has 0 aromatic heterocycles. The molecule has 1 atom stereocenters. The van der Waals surface area contributed by atoms with Gasteiger partial charge < -0.3 is 10.0 Å². The fourth-order valence-electron chi connectivity index (χ4n) is 1.63. The molecular formula is C12H20N2O2. The second-order valence-corrected chi connectivity index (χ2v) is 4.26. The summed E-state index contributed by atoms with van der Waals surface area (Å²) in [5.74, 6) is 6.02. The molecule has 16 heavy (non-hydrogen) atoms. The Hall–Kier alpha value is -1.05. The average Bonchev–Trinajstić information content (AvgIpc) is 2.24. The molecule has 90 valence electrons. The van der Waals surface area contributed by atoms with Gasteiger partial charge in [0, 0.05) is 20.5 Å². The zero-order valence-electron chi connectivity index (χ0n) is 10.1. The van der Waals surface area contributed by atoms with Gasteiger partial charge in [-0.05, 0) is 19.4 Å². The number of carbonyl (C=O) groups is 1. The lowest BCUT2D eigenvalue weighted by Crippen LogP contribution is -2.38. The second-order valence-electron chi connectivity index (χ2n) is 4.26. The van der Waals surface area contributed by atoms with Gasteiger partial charge in [0.2, 0.25) is 5.91 Å². The van der Waals surface area contributed by atoms with E-state index in [1.165, 1.54) is 6.92 Å². The van der Waals surface area contributed by atoms with Crippen molar-refractivity contribution in [2.24, 2.45) is 0 Å². The molecule has 0 aliphatic carbocycles. The Balaban J connectivity index is 2.23. The zero-order chi connectivity index (χ0) is 12.0. The molecule has 0 radical (unpaired) electrons. The first-order chi connectivity index (χ1) is 7.59. The Labute approximate surface area is 97.2 Å². The first kappa shape index (κ1) is 13.0. The number of hydrogen-bond acceptors (Lipinski definition) is 3. The summed E-state index contributed by atoms with van der Waals surface area (Å²) in [6.07, 6.45) is 1.74. The van der Waals surface area contributed by atoms with E-state index in [4.69, 9.17) is 0 Å². The van der Waals surface area contributed by atoms with Crippen LogP contribution in [-0.2, 0) is 4.79 Å². The standard InChI is InChI=1S/C12H20N2O2/c1-11(15)13(2)7-3-4-8-14-9-5-6-12(16)10-14/h12,16H,5-10H2,1-2H3/t12-/m0/s1. The maximum atomic E-state index is 10.9. The molecular weight excluding hydrogens is 204 g/mol. The quantitative estimate of drug-likeness (QED) is 0.668. The van der Waals surface area contributed by atoms with Gasteiger partial charge in [0.1, 0.15) is 0 Å². The Kier molecular flexibility index (Phi) is 5.30. The Bertz CT molecular complexity index is 293. The van der Waals surface area contributed by atoms with Gasteiger partial charge in [-0.25, -0.2) is 0 Å². The summed E-state index contributed by atoms with van der Waals surface area (Å²) in [4.78, 5) is 14.6. The van der Waals surface area contributed by atoms with Gasteiger partial charge in [0.25, 0.3) is 0 Å². The van der Waals surface area contributed by atoms with Crippen molar-refractivity contribution in [3.05, 3.63) is 0 Å². The summed E-state index contributed by atoms with van der Waals surface area (Å²) in [6, 6.07) is 0. The minimum Gasteiger partial charge on any atom is -0.392 e. The molecule has 1 amide bonds. The third-order valence-electron chi connectivity index (χ3n) is 2.76. The summed E-state index contributed by atoms with van der Waals surface area (Å²) in [5.41, 5.74) is 0. The summed E-state index contributed by atoms with van der Waals surface area (Å²) in [6.45, 7) is 4.42. The van der Waals surface area contributed by atoms with E-state index in [9.17, 15) is 9.90 Å². The van der Waals surface area contributed by atoms with Crippen molar-refractivity contribution in [3.8, 4) is 11.8 Å². The van der Waals surface area contributed by atoms with Crippen molar-refractivity contribution in [3.63, 3.8) is 0 Å². The number of nitrogens with zero attached hydrogens (tertiary/aromatic N) is 2. The van der Waals surface area contributed by atoms with Gasteiger partial charge in [-0.3, -0.25) is 9.69 Å². The monoisotopic (exact) mass is 224 g/mol. The van der Waals surface area contributed by atoms with E-state index in [-0.39, 0.29) is 12.0 Å². The number of amides is 1. The summed E-state index contributed by atoms with van der Waals surface area (Å²) >= 11 is 0. The van der Waals surface area contributed by atoms with E-state index in [0.717, 1.165) is 25.9 Å². The van der Waals surface area contributed by atoms with E-state index in [1.807, 2.05) is 0 Å². The summed E-state index contributed by atoms with van der Waals surface area (Å²) in [5, 5.41) is 9.45. The van der Waals surface area contributed by atoms with E-state index < -0.39 is 0 Å². The topological polar surface area (TPSA) is 43.8 Å². The molecule has 0 aromatic rings. The lowest BCUT2D eigenvalue weighted by atomic mass is 10.1. The van der Waals surface area contributed by atoms with Crippen molar-refractivity contribution < 1.29 is 9.90 Å². The van der Waals surface area contributed by atoms with Gasteiger partial charge in [0.05, 0.1) is 19.2 Å². The van der Waals surface area contributed by atoms with Crippen molar-refractivity contribution >= 4 is 5.91 Å². The van der Waals surface area contributed by atoms with Crippen molar-refractivity contribution in [1.29, 1.82) is 0 Å². The molecule has 0 spiro atoms. The molecule has 1 fully saturated rings. The van der Waals surface area contributed by atoms with E-state index in [1.54, 1.807) is 11.9 Å². The molecule has 0 aromatic carbocycles. The fraction of sp³-hybridized carbons (Fsp3) is 0.750. The highest BCUT2D eigenvalue weighted by Gasteiger charge is 2.15. The first-order valence-corrected chi connectivity index (χ1v) is 5.67. The highest BCUT2D eigenvalue weighted by atomic mass is 16.3. The van der Waals surface area contributed by atoms with Crippen molar-refractivity contribution in [2.45, 2.75) is 25.9 Å². The maximum Gasteiger partial charge on any atom is 0.219 e. The van der Waals surface area contributed by atoms with Gasteiger partial charge >= 0.3 is 0 Å². The Morgan fingerprint density at radius 2 is 2.31 bits per heavy atom. The number of hydrogen-bond donors (Lipinski definition) is 1. The molecule has 1 saturated heterocycles. The van der Waals surface area contributed by atoms with Gasteiger partial charge in [-0.2, -0.15) is 0 Å². The van der Waals surface area contributed by atoms with Crippen molar-refractivity contribution in [2.75, 3.05) is 33.2 Å². The molecule has 4 nitrogen and oxygen atoms in total. The van der Waals surface area contributed by atoms with E-state index in [2.05, 4.69) is 16.7 Å². The number of likely N-dealkylation sites (tertiary alicyclic amines) is 1. The van der Waals surface area contributed by atoms with Crippen LogP contribution in [0, 0.1) is 11.8 Å². The molecule has 1 rings (SSSR count). The van der Waals surface area contributed by atoms with Gasteiger partial charge in [0.15, 0.2) is 0 Å². The summed E-state index contributed by atoms with van der Waals surface area (Å²) in [7, 11) is 1.74. The highest BCUT2D eigenvalue weighted by Crippen LogP contribution is 2.08. The third kappa shape index (κ3) is 4.65. The van der Waals surface area contributed by atoms with Crippen LogP contribution in [0.25, 0.3) is 0 Å². The molecule has 1 aliphatic rings. The minimum absolute atomic E-state index is 0.0303. The third-order valence-corrected chi connectivity index (χ3v) is 2.76. The van der Waals surface area contributed by atoms with Crippen molar-refractivity contribution in [1.82, 2.24) is 9.80 Å². The predicted molar refractivity (Wildman–Crippen MR) is 62.8 cm³/mol. The highest BCUT2D eigenvalue weighted by molar-refractivity contribution is 5.73. The van der Waals surface area contributed by atoms with Crippen LogP contribution < -0.4 is 0 Å². The zero-order valence-corrected chi connectivity index (χ0v) is 10.1. The molecule has 0 unspecified atom stereocenters. The normalized spacial score (nSPS) is 21.1. The van der Waals surface area contributed by atoms with Crippen LogP contribution in [0.1, 0.15) is 19.8 Å². The van der Waals surface area contributed by atoms with Crippen LogP contribution in [0.15, 0.2) is 0 Å². The minimum atomic E-state index is -0.199. The largest absolute Gasteiger partial charge is 0.392 e. The molecule has 1 N–H and O–H groups in total. The number of β-amino-alcohol motifs (C(OH)–C–C–N with tert-alkyl or cyclic N) is 1. The summed E-state index contributed by atoms with van der Waals surface area (Å²) < 4.78 is 0. The van der Waals surface area contributed by atoms with Crippen LogP contribution >= 0.6 is 0 Å². The van der Waals surface area contributed by atoms with Gasteiger partial charge in [-0.1, -0.05) is 11.8 Å². The lowest BCUT2D eigenvalue weighted by molar-refractivity contribution is -0.126. The predicted octanol–water partition coefficient (Wildman–Crippen LogP) is -0.0752. The molecule has 0 saturated carbocycles. The van der Waals surface area contributed by atoms with Crippen LogP contribution in [0.3, 0.4) is 0 Å². The molecule has 1 aliphatic heterocycles. The molecule has 4 heteroatoms. The van der Waals surface area contributed by atoms with Crippen LogP contribution in [0.5, 0.6) is 0 Å². The smallest absolute Gasteiger partial charge is 0.219 e. The number of piperidine rings is 1. The number of carbonyl (C=O) groups excluding carboxylic acids is 1. The maximum absolute atomic E-state index is 10.9. The van der Waals surface area contributed by atoms with Crippen LogP contribution in [-0.4, -0.2) is 60.1 Å². The SMILES string of the molecule is CC(=O)N(C)CC#CCN1CCC[C@H](O)C1. The van der Waals surface area contributed by atoms with Gasteiger partial charge in [-0.15, -0.1) is 0 Å². The Morgan fingerprint density at radius 1 is 1.56 bits per heavy atom.